The molecule has 2 nitrogen and oxygen atoms in total. The SMILES string of the molecule is CC(C)(SCO)c1ccc(Cl)nc1Cl. The summed E-state index contributed by atoms with van der Waals surface area (Å²) in [6.45, 7) is 3.95. The van der Waals surface area contributed by atoms with Crippen molar-refractivity contribution in [2.24, 2.45) is 0 Å². The molecule has 78 valence electrons. The van der Waals surface area contributed by atoms with Crippen molar-refractivity contribution >= 4 is 35.0 Å². The third kappa shape index (κ3) is 2.76. The zero-order valence-corrected chi connectivity index (χ0v) is 10.2. The molecule has 14 heavy (non-hydrogen) atoms. The molecule has 0 aliphatic rings. The number of hydrogen-bond acceptors (Lipinski definition) is 3. The summed E-state index contributed by atoms with van der Waals surface area (Å²) in [7, 11) is 0. The fourth-order valence-corrected chi connectivity index (χ4v) is 2.38. The summed E-state index contributed by atoms with van der Waals surface area (Å²) in [5.41, 5.74) is 0.877. The van der Waals surface area contributed by atoms with Gasteiger partial charge in [0.2, 0.25) is 0 Å². The number of aromatic nitrogens is 1. The van der Waals surface area contributed by atoms with Crippen LogP contribution in [0.25, 0.3) is 0 Å². The summed E-state index contributed by atoms with van der Waals surface area (Å²) in [6, 6.07) is 3.53. The summed E-state index contributed by atoms with van der Waals surface area (Å²) in [4.78, 5) is 3.96. The van der Waals surface area contributed by atoms with E-state index >= 15 is 0 Å². The maximum Gasteiger partial charge on any atom is 0.135 e. The zero-order chi connectivity index (χ0) is 10.8. The Kier molecular flexibility index (Phi) is 4.07. The van der Waals surface area contributed by atoms with Gasteiger partial charge in [-0.3, -0.25) is 0 Å². The van der Waals surface area contributed by atoms with Gasteiger partial charge in [0.15, 0.2) is 0 Å². The van der Waals surface area contributed by atoms with E-state index in [0.29, 0.717) is 10.3 Å². The van der Waals surface area contributed by atoms with Crippen LogP contribution in [-0.4, -0.2) is 16.0 Å². The van der Waals surface area contributed by atoms with Gasteiger partial charge in [-0.25, -0.2) is 4.98 Å². The number of halogens is 2. The molecule has 5 heteroatoms. The van der Waals surface area contributed by atoms with Crippen molar-refractivity contribution in [3.8, 4) is 0 Å². The summed E-state index contributed by atoms with van der Waals surface area (Å²) in [5.74, 6) is 0.0476. The standard InChI is InChI=1S/C9H11Cl2NOS/c1-9(2,14-5-13)6-3-4-7(10)12-8(6)11/h3-4,13H,5H2,1-2H3. The summed E-state index contributed by atoms with van der Waals surface area (Å²) >= 11 is 13.0. The minimum absolute atomic E-state index is 0.0476. The van der Waals surface area contributed by atoms with Crippen molar-refractivity contribution in [1.82, 2.24) is 4.98 Å². The van der Waals surface area contributed by atoms with Crippen LogP contribution in [0.2, 0.25) is 10.3 Å². The Morgan fingerprint density at radius 3 is 2.57 bits per heavy atom. The average molecular weight is 252 g/mol. The summed E-state index contributed by atoms with van der Waals surface area (Å²) in [6.07, 6.45) is 0. The Balaban J connectivity index is 3.06. The minimum atomic E-state index is -0.260. The molecule has 1 rings (SSSR count). The number of aliphatic hydroxyl groups excluding tert-OH is 1. The van der Waals surface area contributed by atoms with E-state index in [0.717, 1.165) is 5.56 Å². The summed E-state index contributed by atoms with van der Waals surface area (Å²) < 4.78 is -0.260. The lowest BCUT2D eigenvalue weighted by atomic mass is 10.1. The smallest absolute Gasteiger partial charge is 0.135 e. The number of rotatable bonds is 3. The molecular weight excluding hydrogens is 241 g/mol. The molecule has 0 aliphatic carbocycles. The average Bonchev–Trinajstić information content (AvgIpc) is 2.02. The van der Waals surface area contributed by atoms with Gasteiger partial charge < -0.3 is 5.11 Å². The van der Waals surface area contributed by atoms with Crippen molar-refractivity contribution in [2.75, 3.05) is 5.94 Å². The van der Waals surface area contributed by atoms with Gasteiger partial charge in [0, 0.05) is 10.3 Å². The van der Waals surface area contributed by atoms with E-state index in [2.05, 4.69) is 4.98 Å². The van der Waals surface area contributed by atoms with Crippen LogP contribution in [-0.2, 0) is 4.75 Å². The first-order valence-corrected chi connectivity index (χ1v) is 5.79. The molecule has 0 radical (unpaired) electrons. The molecule has 0 fully saturated rings. The van der Waals surface area contributed by atoms with Crippen molar-refractivity contribution in [2.45, 2.75) is 18.6 Å². The Morgan fingerprint density at radius 2 is 2.07 bits per heavy atom. The largest absolute Gasteiger partial charge is 0.386 e. The number of aliphatic hydroxyl groups is 1. The molecular formula is C9H11Cl2NOS. The monoisotopic (exact) mass is 251 g/mol. The Bertz CT molecular complexity index is 331. The molecule has 1 aromatic heterocycles. The van der Waals surface area contributed by atoms with Crippen LogP contribution in [0.5, 0.6) is 0 Å². The third-order valence-corrected chi connectivity index (χ3v) is 3.46. The highest BCUT2D eigenvalue weighted by atomic mass is 35.5. The molecule has 1 heterocycles. The van der Waals surface area contributed by atoms with Crippen molar-refractivity contribution in [1.29, 1.82) is 0 Å². The van der Waals surface area contributed by atoms with E-state index in [4.69, 9.17) is 28.3 Å². The molecule has 0 saturated heterocycles. The highest BCUT2D eigenvalue weighted by molar-refractivity contribution is 8.00. The van der Waals surface area contributed by atoms with Gasteiger partial charge in [-0.05, 0) is 19.9 Å². The maximum atomic E-state index is 8.88. The normalized spacial score (nSPS) is 11.8. The predicted octanol–water partition coefficient (Wildman–Crippen LogP) is 3.31. The molecule has 0 unspecified atom stereocenters. The molecule has 1 N–H and O–H groups in total. The lowest BCUT2D eigenvalue weighted by molar-refractivity contribution is 0.373. The highest BCUT2D eigenvalue weighted by Gasteiger charge is 2.24. The first-order valence-electron chi connectivity index (χ1n) is 4.04. The lowest BCUT2D eigenvalue weighted by Crippen LogP contribution is -2.14. The van der Waals surface area contributed by atoms with Crippen LogP contribution in [0.1, 0.15) is 19.4 Å². The second-order valence-corrected chi connectivity index (χ2v) is 5.57. The van der Waals surface area contributed by atoms with E-state index in [1.54, 1.807) is 6.07 Å². The van der Waals surface area contributed by atoms with Crippen LogP contribution >= 0.6 is 35.0 Å². The molecule has 0 saturated carbocycles. The lowest BCUT2D eigenvalue weighted by Gasteiger charge is -2.24. The van der Waals surface area contributed by atoms with Crippen molar-refractivity contribution < 1.29 is 5.11 Å². The van der Waals surface area contributed by atoms with Gasteiger partial charge in [-0.1, -0.05) is 29.3 Å². The first kappa shape index (κ1) is 12.1. The second-order valence-electron chi connectivity index (χ2n) is 3.26. The summed E-state index contributed by atoms with van der Waals surface area (Å²) in [5, 5.41) is 9.65. The fraction of sp³-hybridized carbons (Fsp3) is 0.444. The molecule has 0 spiro atoms. The maximum absolute atomic E-state index is 8.88. The Hall–Kier alpha value is 0.0400. The molecule has 1 aromatic rings. The molecule has 0 amide bonds. The Morgan fingerprint density at radius 1 is 1.43 bits per heavy atom. The van der Waals surface area contributed by atoms with Gasteiger partial charge in [-0.15, -0.1) is 11.8 Å². The first-order chi connectivity index (χ1) is 6.47. The van der Waals surface area contributed by atoms with E-state index in [-0.39, 0.29) is 10.7 Å². The molecule has 0 bridgehead atoms. The quantitative estimate of drug-likeness (QED) is 0.661. The zero-order valence-electron chi connectivity index (χ0n) is 7.92. The number of nitrogens with zero attached hydrogens (tertiary/aromatic N) is 1. The van der Waals surface area contributed by atoms with Crippen LogP contribution < -0.4 is 0 Å². The topological polar surface area (TPSA) is 33.1 Å². The fourth-order valence-electron chi connectivity index (χ4n) is 1.10. The van der Waals surface area contributed by atoms with E-state index < -0.39 is 0 Å². The van der Waals surface area contributed by atoms with Gasteiger partial charge in [-0.2, -0.15) is 0 Å². The Labute approximate surface area is 97.6 Å². The van der Waals surface area contributed by atoms with Gasteiger partial charge in [0.1, 0.15) is 10.3 Å². The van der Waals surface area contributed by atoms with Crippen molar-refractivity contribution in [3.63, 3.8) is 0 Å². The molecule has 0 aromatic carbocycles. The minimum Gasteiger partial charge on any atom is -0.386 e. The number of hydrogen-bond donors (Lipinski definition) is 1. The van der Waals surface area contributed by atoms with Crippen molar-refractivity contribution in [3.05, 3.63) is 28.0 Å². The number of thioether (sulfide) groups is 1. The van der Waals surface area contributed by atoms with Gasteiger partial charge >= 0.3 is 0 Å². The van der Waals surface area contributed by atoms with E-state index in [1.165, 1.54) is 11.8 Å². The molecule has 0 aliphatic heterocycles. The van der Waals surface area contributed by atoms with Gasteiger partial charge in [0.05, 0.1) is 5.94 Å². The van der Waals surface area contributed by atoms with E-state index in [1.807, 2.05) is 19.9 Å². The second kappa shape index (κ2) is 4.71. The number of pyridine rings is 1. The highest BCUT2D eigenvalue weighted by Crippen LogP contribution is 2.38. The van der Waals surface area contributed by atoms with E-state index in [9.17, 15) is 0 Å². The predicted molar refractivity (Wildman–Crippen MR) is 62.0 cm³/mol. The molecule has 0 atom stereocenters. The third-order valence-electron chi connectivity index (χ3n) is 1.89. The van der Waals surface area contributed by atoms with Crippen LogP contribution in [0.3, 0.4) is 0 Å². The van der Waals surface area contributed by atoms with Crippen LogP contribution in [0, 0.1) is 0 Å². The van der Waals surface area contributed by atoms with Gasteiger partial charge in [0.25, 0.3) is 0 Å². The van der Waals surface area contributed by atoms with Crippen LogP contribution in [0.4, 0.5) is 0 Å². The van der Waals surface area contributed by atoms with Crippen LogP contribution in [0.15, 0.2) is 12.1 Å².